The van der Waals surface area contributed by atoms with Gasteiger partial charge in [0.1, 0.15) is 0 Å². The molecule has 2 atom stereocenters. The van der Waals surface area contributed by atoms with E-state index in [1.807, 2.05) is 0 Å². The summed E-state index contributed by atoms with van der Waals surface area (Å²) in [7, 11) is 0. The summed E-state index contributed by atoms with van der Waals surface area (Å²) >= 11 is 0. The molecule has 0 amide bonds. The molecule has 12 heavy (non-hydrogen) atoms. The molecule has 66 valence electrons. The summed E-state index contributed by atoms with van der Waals surface area (Å²) in [6.07, 6.45) is 4.96. The summed E-state index contributed by atoms with van der Waals surface area (Å²) in [5.74, 6) is 0. The van der Waals surface area contributed by atoms with Gasteiger partial charge in [-0.1, -0.05) is 0 Å². The summed E-state index contributed by atoms with van der Waals surface area (Å²) in [5.41, 5.74) is 1.08. The van der Waals surface area contributed by atoms with Gasteiger partial charge in [-0.05, 0) is 13.0 Å². The van der Waals surface area contributed by atoms with E-state index >= 15 is 0 Å². The van der Waals surface area contributed by atoms with Gasteiger partial charge in [-0.2, -0.15) is 0 Å². The van der Waals surface area contributed by atoms with Gasteiger partial charge in [0.25, 0.3) is 0 Å². The molecule has 0 aliphatic carbocycles. The molecule has 0 radical (unpaired) electrons. The number of rotatable bonds is 2. The lowest BCUT2D eigenvalue weighted by atomic mass is 10.1. The van der Waals surface area contributed by atoms with Gasteiger partial charge >= 0.3 is 0 Å². The van der Waals surface area contributed by atoms with Crippen LogP contribution in [0, 0.1) is 0 Å². The molecule has 1 saturated heterocycles. The fraction of sp³-hybridized carbons (Fsp3) is 0.625. The van der Waals surface area contributed by atoms with Crippen molar-refractivity contribution in [3.63, 3.8) is 0 Å². The number of H-pyrrole nitrogens is 1. The first kappa shape index (κ1) is 7.76. The maximum absolute atomic E-state index is 9.49. The van der Waals surface area contributed by atoms with Crippen LogP contribution in [0.2, 0.25) is 0 Å². The fourth-order valence-corrected chi connectivity index (χ4v) is 1.60. The fourth-order valence-electron chi connectivity index (χ4n) is 1.60. The second kappa shape index (κ2) is 3.25. The van der Waals surface area contributed by atoms with Gasteiger partial charge in [-0.15, -0.1) is 0 Å². The molecule has 1 aliphatic heterocycles. The molecule has 1 aliphatic rings. The molecule has 1 fully saturated rings. The Labute approximate surface area is 71.0 Å². The first-order valence-corrected chi connectivity index (χ1v) is 4.25. The number of hydrogen-bond donors (Lipinski definition) is 3. The molecule has 1 aromatic heterocycles. The molecule has 1 aromatic rings. The number of aliphatic hydroxyl groups excluding tert-OH is 1. The van der Waals surface area contributed by atoms with Gasteiger partial charge in [0.05, 0.1) is 12.4 Å². The highest BCUT2D eigenvalue weighted by molar-refractivity contribution is 5.00. The predicted octanol–water partition coefficient (Wildman–Crippen LogP) is -0.325. The van der Waals surface area contributed by atoms with E-state index in [1.165, 1.54) is 0 Å². The van der Waals surface area contributed by atoms with Gasteiger partial charge in [-0.3, -0.25) is 0 Å². The highest BCUT2D eigenvalue weighted by Gasteiger charge is 2.24. The van der Waals surface area contributed by atoms with Crippen LogP contribution in [0.1, 0.15) is 12.1 Å². The van der Waals surface area contributed by atoms with Crippen LogP contribution >= 0.6 is 0 Å². The normalized spacial score (nSPS) is 29.4. The average molecular weight is 167 g/mol. The van der Waals surface area contributed by atoms with Crippen LogP contribution in [0.4, 0.5) is 0 Å². The molecular formula is C8H13N3O. The Balaban J connectivity index is 1.95. The average Bonchev–Trinajstić information content (AvgIpc) is 2.65. The van der Waals surface area contributed by atoms with Crippen LogP contribution in [0.3, 0.4) is 0 Å². The highest BCUT2D eigenvalue weighted by atomic mass is 16.3. The molecule has 2 heterocycles. The first-order valence-electron chi connectivity index (χ1n) is 4.25. The van der Waals surface area contributed by atoms with Gasteiger partial charge in [-0.25, -0.2) is 4.98 Å². The van der Waals surface area contributed by atoms with Gasteiger partial charge in [0.2, 0.25) is 0 Å². The highest BCUT2D eigenvalue weighted by Crippen LogP contribution is 2.10. The monoisotopic (exact) mass is 167 g/mol. The molecule has 3 N–H and O–H groups in total. The topological polar surface area (TPSA) is 60.9 Å². The second-order valence-electron chi connectivity index (χ2n) is 3.20. The van der Waals surface area contributed by atoms with Crippen molar-refractivity contribution in [1.82, 2.24) is 15.3 Å². The van der Waals surface area contributed by atoms with Crippen LogP contribution < -0.4 is 5.32 Å². The number of hydrogen-bond acceptors (Lipinski definition) is 3. The Morgan fingerprint density at radius 2 is 2.58 bits per heavy atom. The van der Waals surface area contributed by atoms with E-state index in [2.05, 4.69) is 15.3 Å². The molecular weight excluding hydrogens is 154 g/mol. The number of nitrogens with zero attached hydrogens (tertiary/aromatic N) is 1. The lowest BCUT2D eigenvalue weighted by Crippen LogP contribution is -2.32. The standard InChI is InChI=1S/C8H13N3O/c12-8-1-2-10-7(8)3-6-4-9-5-11-6/h4-5,7-8,10,12H,1-3H2,(H,9,11)/t7-,8?/m1/s1. The van der Waals surface area contributed by atoms with Gasteiger partial charge in [0.15, 0.2) is 0 Å². The summed E-state index contributed by atoms with van der Waals surface area (Å²) in [4.78, 5) is 6.95. The molecule has 0 aromatic carbocycles. The van der Waals surface area contributed by atoms with Gasteiger partial charge in [0, 0.05) is 24.4 Å². The minimum Gasteiger partial charge on any atom is -0.391 e. The zero-order valence-corrected chi connectivity index (χ0v) is 6.83. The number of nitrogens with one attached hydrogen (secondary N) is 2. The number of imidazole rings is 1. The largest absolute Gasteiger partial charge is 0.391 e. The summed E-state index contributed by atoms with van der Waals surface area (Å²) in [5, 5.41) is 12.7. The van der Waals surface area contributed by atoms with Crippen molar-refractivity contribution in [3.8, 4) is 0 Å². The zero-order chi connectivity index (χ0) is 8.39. The number of aromatic nitrogens is 2. The van der Waals surface area contributed by atoms with Gasteiger partial charge < -0.3 is 15.4 Å². The van der Waals surface area contributed by atoms with E-state index in [0.717, 1.165) is 25.1 Å². The summed E-state index contributed by atoms with van der Waals surface area (Å²) in [6, 6.07) is 0.199. The van der Waals surface area contributed by atoms with E-state index in [0.29, 0.717) is 0 Å². The molecule has 0 bridgehead atoms. The van der Waals surface area contributed by atoms with E-state index < -0.39 is 0 Å². The summed E-state index contributed by atoms with van der Waals surface area (Å²) in [6.45, 7) is 0.917. The van der Waals surface area contributed by atoms with Crippen molar-refractivity contribution >= 4 is 0 Å². The van der Waals surface area contributed by atoms with Crippen LogP contribution in [0.15, 0.2) is 12.5 Å². The number of aliphatic hydroxyl groups is 1. The van der Waals surface area contributed by atoms with E-state index in [4.69, 9.17) is 0 Å². The third-order valence-corrected chi connectivity index (χ3v) is 2.31. The lowest BCUT2D eigenvalue weighted by molar-refractivity contribution is 0.159. The van der Waals surface area contributed by atoms with Crippen LogP contribution in [-0.4, -0.2) is 33.8 Å². The molecule has 1 unspecified atom stereocenters. The maximum Gasteiger partial charge on any atom is 0.0921 e. The molecule has 0 spiro atoms. The smallest absolute Gasteiger partial charge is 0.0921 e. The zero-order valence-electron chi connectivity index (χ0n) is 6.83. The quantitative estimate of drug-likeness (QED) is 0.565. The van der Waals surface area contributed by atoms with Crippen LogP contribution in [-0.2, 0) is 6.42 Å². The Bertz CT molecular complexity index is 234. The maximum atomic E-state index is 9.49. The van der Waals surface area contributed by atoms with Crippen LogP contribution in [0.5, 0.6) is 0 Å². The minimum atomic E-state index is -0.201. The third-order valence-electron chi connectivity index (χ3n) is 2.31. The molecule has 2 rings (SSSR count). The molecule has 4 nitrogen and oxygen atoms in total. The second-order valence-corrected chi connectivity index (χ2v) is 3.20. The van der Waals surface area contributed by atoms with Crippen molar-refractivity contribution in [1.29, 1.82) is 0 Å². The first-order chi connectivity index (χ1) is 5.86. The Hall–Kier alpha value is -0.870. The molecule has 4 heteroatoms. The van der Waals surface area contributed by atoms with Crippen molar-refractivity contribution in [2.45, 2.75) is 25.0 Å². The van der Waals surface area contributed by atoms with Crippen molar-refractivity contribution in [2.24, 2.45) is 0 Å². The van der Waals surface area contributed by atoms with Crippen molar-refractivity contribution < 1.29 is 5.11 Å². The van der Waals surface area contributed by atoms with E-state index in [-0.39, 0.29) is 12.1 Å². The third kappa shape index (κ3) is 1.49. The summed E-state index contributed by atoms with van der Waals surface area (Å²) < 4.78 is 0. The Kier molecular flexibility index (Phi) is 2.10. The number of aromatic amines is 1. The predicted molar refractivity (Wildman–Crippen MR) is 44.7 cm³/mol. The Morgan fingerprint density at radius 1 is 1.67 bits per heavy atom. The SMILES string of the molecule is OC1CCN[C@@H]1Cc1cnc[nH]1. The van der Waals surface area contributed by atoms with Crippen molar-refractivity contribution in [2.75, 3.05) is 6.54 Å². The van der Waals surface area contributed by atoms with Crippen LogP contribution in [0.25, 0.3) is 0 Å². The minimum absolute atomic E-state index is 0.199. The lowest BCUT2D eigenvalue weighted by Gasteiger charge is -2.12. The molecule has 0 saturated carbocycles. The Morgan fingerprint density at radius 3 is 3.17 bits per heavy atom. The van der Waals surface area contributed by atoms with E-state index in [9.17, 15) is 5.11 Å². The van der Waals surface area contributed by atoms with E-state index in [1.54, 1.807) is 12.5 Å². The van der Waals surface area contributed by atoms with Crippen molar-refractivity contribution in [3.05, 3.63) is 18.2 Å².